The molecule has 3 heteroatoms. The summed E-state index contributed by atoms with van der Waals surface area (Å²) in [6, 6.07) is 18.3. The predicted molar refractivity (Wildman–Crippen MR) is 90.0 cm³/mol. The Kier molecular flexibility index (Phi) is 4.86. The third-order valence-corrected chi connectivity index (χ3v) is 4.14. The molecule has 0 radical (unpaired) electrons. The molecule has 3 rings (SSSR count). The van der Waals surface area contributed by atoms with E-state index in [4.69, 9.17) is 0 Å². The molecule has 0 aromatic heterocycles. The largest absolute Gasteiger partial charge is 0.324 e. The minimum Gasteiger partial charge on any atom is -0.324 e. The Morgan fingerprint density at radius 1 is 1.05 bits per heavy atom. The van der Waals surface area contributed by atoms with Crippen molar-refractivity contribution in [2.24, 2.45) is 0 Å². The summed E-state index contributed by atoms with van der Waals surface area (Å²) in [6.45, 7) is 0.934. The molecular formula is C19H22N2O. The molecule has 0 saturated carbocycles. The zero-order valence-electron chi connectivity index (χ0n) is 12.7. The van der Waals surface area contributed by atoms with Gasteiger partial charge in [-0.25, -0.2) is 0 Å². The van der Waals surface area contributed by atoms with Crippen molar-refractivity contribution in [3.8, 4) is 0 Å². The first-order valence-electron chi connectivity index (χ1n) is 7.99. The lowest BCUT2D eigenvalue weighted by atomic mass is 10.0. The molecule has 114 valence electrons. The Balaban J connectivity index is 1.72. The highest BCUT2D eigenvalue weighted by Gasteiger charge is 2.21. The first-order valence-corrected chi connectivity index (χ1v) is 7.99. The molecule has 1 aliphatic rings. The van der Waals surface area contributed by atoms with Gasteiger partial charge in [-0.1, -0.05) is 55.0 Å². The monoisotopic (exact) mass is 294 g/mol. The van der Waals surface area contributed by atoms with Gasteiger partial charge in [0.1, 0.15) is 0 Å². The molecular weight excluding hydrogens is 272 g/mol. The van der Waals surface area contributed by atoms with Crippen molar-refractivity contribution in [3.63, 3.8) is 0 Å². The standard InChI is InChI=1S/C19H22N2O/c22-19(18-12-6-7-13-20-18)21-17-11-5-4-10-16(17)14-15-8-2-1-3-9-15/h1-5,8-11,18,20H,6-7,12-14H2,(H,21,22). The molecule has 1 saturated heterocycles. The number of anilines is 1. The van der Waals surface area contributed by atoms with Gasteiger partial charge < -0.3 is 10.6 Å². The van der Waals surface area contributed by atoms with Crippen LogP contribution in [0.5, 0.6) is 0 Å². The van der Waals surface area contributed by atoms with E-state index in [1.165, 1.54) is 5.56 Å². The maximum absolute atomic E-state index is 12.4. The van der Waals surface area contributed by atoms with Gasteiger partial charge in [0.15, 0.2) is 0 Å². The average molecular weight is 294 g/mol. The van der Waals surface area contributed by atoms with Crippen LogP contribution in [-0.2, 0) is 11.2 Å². The summed E-state index contributed by atoms with van der Waals surface area (Å²) >= 11 is 0. The molecule has 0 spiro atoms. The topological polar surface area (TPSA) is 41.1 Å². The van der Waals surface area contributed by atoms with E-state index < -0.39 is 0 Å². The van der Waals surface area contributed by atoms with Crippen molar-refractivity contribution in [2.75, 3.05) is 11.9 Å². The van der Waals surface area contributed by atoms with Crippen molar-refractivity contribution >= 4 is 11.6 Å². The fraction of sp³-hybridized carbons (Fsp3) is 0.316. The number of nitrogens with one attached hydrogen (secondary N) is 2. The van der Waals surface area contributed by atoms with Crippen LogP contribution in [0.2, 0.25) is 0 Å². The van der Waals surface area contributed by atoms with E-state index in [9.17, 15) is 4.79 Å². The van der Waals surface area contributed by atoms with Crippen LogP contribution < -0.4 is 10.6 Å². The second-order valence-corrected chi connectivity index (χ2v) is 5.81. The van der Waals surface area contributed by atoms with Gasteiger partial charge in [-0.2, -0.15) is 0 Å². The summed E-state index contributed by atoms with van der Waals surface area (Å²) in [4.78, 5) is 12.4. The SMILES string of the molecule is O=C(Nc1ccccc1Cc1ccccc1)C1CCCCN1. The highest BCUT2D eigenvalue weighted by atomic mass is 16.2. The number of hydrogen-bond donors (Lipinski definition) is 2. The summed E-state index contributed by atoms with van der Waals surface area (Å²) in [5.41, 5.74) is 3.32. The van der Waals surface area contributed by atoms with Crippen LogP contribution in [0.15, 0.2) is 54.6 Å². The summed E-state index contributed by atoms with van der Waals surface area (Å²) in [5, 5.41) is 6.40. The van der Waals surface area contributed by atoms with Crippen LogP contribution in [0, 0.1) is 0 Å². The minimum atomic E-state index is -0.0569. The van der Waals surface area contributed by atoms with Gasteiger partial charge in [0.25, 0.3) is 0 Å². The van der Waals surface area contributed by atoms with E-state index in [0.29, 0.717) is 0 Å². The third-order valence-electron chi connectivity index (χ3n) is 4.14. The van der Waals surface area contributed by atoms with Crippen LogP contribution in [0.25, 0.3) is 0 Å². The van der Waals surface area contributed by atoms with Gasteiger partial charge in [-0.05, 0) is 43.0 Å². The molecule has 1 fully saturated rings. The molecule has 3 nitrogen and oxygen atoms in total. The Morgan fingerprint density at radius 3 is 2.59 bits per heavy atom. The fourth-order valence-electron chi connectivity index (χ4n) is 2.91. The number of amides is 1. The highest BCUT2D eigenvalue weighted by Crippen LogP contribution is 2.20. The van der Waals surface area contributed by atoms with Gasteiger partial charge in [0.05, 0.1) is 6.04 Å². The molecule has 0 bridgehead atoms. The van der Waals surface area contributed by atoms with Crippen LogP contribution in [0.1, 0.15) is 30.4 Å². The zero-order valence-corrected chi connectivity index (χ0v) is 12.7. The van der Waals surface area contributed by atoms with Crippen molar-refractivity contribution in [3.05, 3.63) is 65.7 Å². The van der Waals surface area contributed by atoms with Crippen LogP contribution in [-0.4, -0.2) is 18.5 Å². The molecule has 1 heterocycles. The van der Waals surface area contributed by atoms with Gasteiger partial charge in [0, 0.05) is 5.69 Å². The lowest BCUT2D eigenvalue weighted by Gasteiger charge is -2.23. The Bertz CT molecular complexity index is 618. The summed E-state index contributed by atoms with van der Waals surface area (Å²) < 4.78 is 0. The maximum Gasteiger partial charge on any atom is 0.241 e. The quantitative estimate of drug-likeness (QED) is 0.908. The van der Waals surface area contributed by atoms with Gasteiger partial charge in [-0.3, -0.25) is 4.79 Å². The van der Waals surface area contributed by atoms with E-state index in [1.54, 1.807) is 0 Å². The molecule has 1 aliphatic heterocycles. The van der Waals surface area contributed by atoms with E-state index in [-0.39, 0.29) is 11.9 Å². The van der Waals surface area contributed by atoms with Crippen LogP contribution in [0.4, 0.5) is 5.69 Å². The normalized spacial score (nSPS) is 17.9. The van der Waals surface area contributed by atoms with Crippen molar-refractivity contribution in [1.82, 2.24) is 5.32 Å². The maximum atomic E-state index is 12.4. The lowest BCUT2D eigenvalue weighted by molar-refractivity contribution is -0.118. The molecule has 2 aromatic rings. The number of piperidine rings is 1. The minimum absolute atomic E-state index is 0.0569. The Hall–Kier alpha value is -2.13. The third kappa shape index (κ3) is 3.74. The fourth-order valence-corrected chi connectivity index (χ4v) is 2.91. The molecule has 2 N–H and O–H groups in total. The van der Waals surface area contributed by atoms with Gasteiger partial charge in [0.2, 0.25) is 5.91 Å². The molecule has 22 heavy (non-hydrogen) atoms. The van der Waals surface area contributed by atoms with Crippen LogP contribution >= 0.6 is 0 Å². The van der Waals surface area contributed by atoms with E-state index in [1.807, 2.05) is 36.4 Å². The second kappa shape index (κ2) is 7.23. The summed E-state index contributed by atoms with van der Waals surface area (Å²) in [6.07, 6.45) is 4.03. The van der Waals surface area contributed by atoms with E-state index >= 15 is 0 Å². The molecule has 1 atom stereocenters. The van der Waals surface area contributed by atoms with Crippen molar-refractivity contribution in [1.29, 1.82) is 0 Å². The summed E-state index contributed by atoms with van der Waals surface area (Å²) in [7, 11) is 0. The van der Waals surface area contributed by atoms with E-state index in [2.05, 4.69) is 28.8 Å². The first-order chi connectivity index (χ1) is 10.8. The van der Waals surface area contributed by atoms with Crippen molar-refractivity contribution in [2.45, 2.75) is 31.7 Å². The molecule has 0 aliphatic carbocycles. The average Bonchev–Trinajstić information content (AvgIpc) is 2.58. The van der Waals surface area contributed by atoms with Crippen molar-refractivity contribution < 1.29 is 4.79 Å². The van der Waals surface area contributed by atoms with E-state index in [0.717, 1.165) is 43.5 Å². The number of para-hydroxylation sites is 1. The molecule has 1 amide bonds. The second-order valence-electron chi connectivity index (χ2n) is 5.81. The number of carbonyl (C=O) groups is 1. The first kappa shape index (κ1) is 14.8. The summed E-state index contributed by atoms with van der Waals surface area (Å²) in [5.74, 6) is 0.0835. The smallest absolute Gasteiger partial charge is 0.241 e. The Morgan fingerprint density at radius 2 is 1.82 bits per heavy atom. The molecule has 2 aromatic carbocycles. The Labute approximate surface area is 131 Å². The van der Waals surface area contributed by atoms with Gasteiger partial charge >= 0.3 is 0 Å². The predicted octanol–water partition coefficient (Wildman–Crippen LogP) is 3.36. The highest BCUT2D eigenvalue weighted by molar-refractivity contribution is 5.95. The zero-order chi connectivity index (χ0) is 15.2. The number of benzene rings is 2. The van der Waals surface area contributed by atoms with Crippen LogP contribution in [0.3, 0.4) is 0 Å². The molecule has 1 unspecified atom stereocenters. The number of hydrogen-bond acceptors (Lipinski definition) is 2. The lowest BCUT2D eigenvalue weighted by Crippen LogP contribution is -2.43. The number of carbonyl (C=O) groups excluding carboxylic acids is 1. The number of rotatable bonds is 4. The van der Waals surface area contributed by atoms with Gasteiger partial charge in [-0.15, -0.1) is 0 Å².